The van der Waals surface area contributed by atoms with Gasteiger partial charge in [-0.3, -0.25) is 14.6 Å². The number of hydrogen-bond acceptors (Lipinski definition) is 4. The molecule has 0 aliphatic heterocycles. The van der Waals surface area contributed by atoms with Crippen LogP contribution < -0.4 is 0 Å². The lowest BCUT2D eigenvalue weighted by molar-refractivity contribution is 0.110. The summed E-state index contributed by atoms with van der Waals surface area (Å²) in [7, 11) is 0. The zero-order valence-corrected chi connectivity index (χ0v) is 8.63. The highest BCUT2D eigenvalue weighted by Crippen LogP contribution is 2.18. The van der Waals surface area contributed by atoms with Crippen LogP contribution in [0.2, 0.25) is 0 Å². The fourth-order valence-corrected chi connectivity index (χ4v) is 1.37. The molecular formula is C12H7FN2O2. The monoisotopic (exact) mass is 230 g/mol. The largest absolute Gasteiger partial charge is 0.296 e. The van der Waals surface area contributed by atoms with E-state index in [1.807, 2.05) is 0 Å². The third-order valence-electron chi connectivity index (χ3n) is 2.18. The molecule has 2 aromatic heterocycles. The van der Waals surface area contributed by atoms with E-state index in [9.17, 15) is 14.0 Å². The minimum Gasteiger partial charge on any atom is -0.296 e. The van der Waals surface area contributed by atoms with Crippen LogP contribution in [-0.2, 0) is 0 Å². The SMILES string of the molecule is O=Cc1cc(-c2ccc(F)c(C=O)n2)ccn1. The molecule has 84 valence electrons. The van der Waals surface area contributed by atoms with Crippen molar-refractivity contribution in [1.82, 2.24) is 9.97 Å². The van der Waals surface area contributed by atoms with E-state index in [0.29, 0.717) is 23.8 Å². The van der Waals surface area contributed by atoms with Gasteiger partial charge in [-0.2, -0.15) is 0 Å². The fraction of sp³-hybridized carbons (Fsp3) is 0. The van der Waals surface area contributed by atoms with Crippen molar-refractivity contribution in [3.8, 4) is 11.3 Å². The van der Waals surface area contributed by atoms with Crippen molar-refractivity contribution < 1.29 is 14.0 Å². The molecule has 0 N–H and O–H groups in total. The smallest absolute Gasteiger partial charge is 0.171 e. The molecule has 2 heterocycles. The van der Waals surface area contributed by atoms with Crippen LogP contribution in [0.4, 0.5) is 4.39 Å². The number of halogens is 1. The third kappa shape index (κ3) is 2.23. The average Bonchev–Trinajstić information content (AvgIpc) is 2.39. The molecule has 0 unspecified atom stereocenters. The van der Waals surface area contributed by atoms with Gasteiger partial charge in [-0.15, -0.1) is 0 Å². The Labute approximate surface area is 96.1 Å². The number of rotatable bonds is 3. The van der Waals surface area contributed by atoms with E-state index in [2.05, 4.69) is 9.97 Å². The Kier molecular flexibility index (Phi) is 3.00. The first kappa shape index (κ1) is 11.1. The first-order valence-electron chi connectivity index (χ1n) is 4.78. The molecular weight excluding hydrogens is 223 g/mol. The molecule has 0 aliphatic carbocycles. The summed E-state index contributed by atoms with van der Waals surface area (Å²) in [5.41, 5.74) is 1.01. The first-order chi connectivity index (χ1) is 8.24. The van der Waals surface area contributed by atoms with Crippen LogP contribution in [0.3, 0.4) is 0 Å². The molecule has 5 heteroatoms. The standard InChI is InChI=1S/C12H7FN2O2/c13-10-1-2-11(15-12(10)7-17)8-3-4-14-9(5-8)6-16/h1-7H. The van der Waals surface area contributed by atoms with Crippen LogP contribution in [0.5, 0.6) is 0 Å². The maximum Gasteiger partial charge on any atom is 0.171 e. The Hall–Kier alpha value is -2.43. The van der Waals surface area contributed by atoms with Crippen LogP contribution in [0, 0.1) is 5.82 Å². The second-order valence-electron chi connectivity index (χ2n) is 3.27. The summed E-state index contributed by atoms with van der Waals surface area (Å²) in [5.74, 6) is -0.673. The zero-order valence-electron chi connectivity index (χ0n) is 8.63. The van der Waals surface area contributed by atoms with E-state index in [1.54, 1.807) is 6.07 Å². The molecule has 0 saturated heterocycles. The van der Waals surface area contributed by atoms with E-state index in [1.165, 1.54) is 18.3 Å². The summed E-state index contributed by atoms with van der Waals surface area (Å²) < 4.78 is 13.1. The maximum absolute atomic E-state index is 13.1. The van der Waals surface area contributed by atoms with Crippen molar-refractivity contribution in [2.75, 3.05) is 0 Å². The van der Waals surface area contributed by atoms with Gasteiger partial charge in [0.05, 0.1) is 5.69 Å². The van der Waals surface area contributed by atoms with Crippen LogP contribution in [0.15, 0.2) is 30.5 Å². The highest BCUT2D eigenvalue weighted by molar-refractivity contribution is 5.77. The maximum atomic E-state index is 13.1. The third-order valence-corrected chi connectivity index (χ3v) is 2.18. The van der Waals surface area contributed by atoms with Gasteiger partial charge in [0.2, 0.25) is 0 Å². The number of hydrogen-bond donors (Lipinski definition) is 0. The lowest BCUT2D eigenvalue weighted by atomic mass is 10.1. The topological polar surface area (TPSA) is 59.9 Å². The van der Waals surface area contributed by atoms with Crippen LogP contribution >= 0.6 is 0 Å². The Balaban J connectivity index is 2.52. The van der Waals surface area contributed by atoms with E-state index in [0.717, 1.165) is 6.07 Å². The molecule has 0 atom stereocenters. The Morgan fingerprint density at radius 1 is 1.12 bits per heavy atom. The molecule has 4 nitrogen and oxygen atoms in total. The molecule has 0 saturated carbocycles. The van der Waals surface area contributed by atoms with Crippen molar-refractivity contribution in [3.05, 3.63) is 47.7 Å². The van der Waals surface area contributed by atoms with Crippen molar-refractivity contribution in [3.63, 3.8) is 0 Å². The minimum atomic E-state index is -0.673. The summed E-state index contributed by atoms with van der Waals surface area (Å²) in [6.45, 7) is 0. The quantitative estimate of drug-likeness (QED) is 0.755. The van der Waals surface area contributed by atoms with E-state index in [4.69, 9.17) is 0 Å². The molecule has 0 aromatic carbocycles. The predicted molar refractivity (Wildman–Crippen MR) is 58.2 cm³/mol. The van der Waals surface area contributed by atoms with Crippen LogP contribution in [0.25, 0.3) is 11.3 Å². The van der Waals surface area contributed by atoms with Gasteiger partial charge in [-0.25, -0.2) is 9.37 Å². The summed E-state index contributed by atoms with van der Waals surface area (Å²) in [5, 5.41) is 0. The molecule has 0 radical (unpaired) electrons. The number of pyridine rings is 2. The highest BCUT2D eigenvalue weighted by Gasteiger charge is 2.06. The Morgan fingerprint density at radius 2 is 1.94 bits per heavy atom. The number of carbonyl (C=O) groups is 2. The van der Waals surface area contributed by atoms with Crippen LogP contribution in [-0.4, -0.2) is 22.5 Å². The normalized spacial score (nSPS) is 9.94. The van der Waals surface area contributed by atoms with Gasteiger partial charge in [0.15, 0.2) is 18.4 Å². The molecule has 17 heavy (non-hydrogen) atoms. The van der Waals surface area contributed by atoms with Crippen molar-refractivity contribution in [1.29, 1.82) is 0 Å². The number of nitrogens with zero attached hydrogens (tertiary/aromatic N) is 2. The van der Waals surface area contributed by atoms with Crippen molar-refractivity contribution in [2.45, 2.75) is 0 Å². The van der Waals surface area contributed by atoms with Gasteiger partial charge in [0.25, 0.3) is 0 Å². The van der Waals surface area contributed by atoms with Gasteiger partial charge in [0.1, 0.15) is 11.4 Å². The lowest BCUT2D eigenvalue weighted by Crippen LogP contribution is -1.96. The molecule has 0 fully saturated rings. The molecule has 2 aromatic rings. The van der Waals surface area contributed by atoms with Gasteiger partial charge in [0, 0.05) is 11.8 Å². The van der Waals surface area contributed by atoms with Gasteiger partial charge in [-0.05, 0) is 24.3 Å². The van der Waals surface area contributed by atoms with E-state index in [-0.39, 0.29) is 11.4 Å². The van der Waals surface area contributed by atoms with E-state index >= 15 is 0 Å². The Bertz CT molecular complexity index is 584. The summed E-state index contributed by atoms with van der Waals surface area (Å²) in [4.78, 5) is 28.8. The summed E-state index contributed by atoms with van der Waals surface area (Å²) in [6.07, 6.45) is 2.40. The Morgan fingerprint density at radius 3 is 2.65 bits per heavy atom. The summed E-state index contributed by atoms with van der Waals surface area (Å²) in [6, 6.07) is 5.74. The molecule has 0 bridgehead atoms. The van der Waals surface area contributed by atoms with E-state index < -0.39 is 5.82 Å². The second-order valence-corrected chi connectivity index (χ2v) is 3.27. The summed E-state index contributed by atoms with van der Waals surface area (Å²) >= 11 is 0. The lowest BCUT2D eigenvalue weighted by Gasteiger charge is -2.02. The second kappa shape index (κ2) is 4.61. The zero-order chi connectivity index (χ0) is 12.3. The molecule has 0 amide bonds. The highest BCUT2D eigenvalue weighted by atomic mass is 19.1. The molecule has 0 aliphatic rings. The predicted octanol–water partition coefficient (Wildman–Crippen LogP) is 1.91. The van der Waals surface area contributed by atoms with Crippen molar-refractivity contribution >= 4 is 12.6 Å². The van der Waals surface area contributed by atoms with Gasteiger partial charge < -0.3 is 0 Å². The first-order valence-corrected chi connectivity index (χ1v) is 4.78. The fourth-order valence-electron chi connectivity index (χ4n) is 1.37. The number of aromatic nitrogens is 2. The van der Waals surface area contributed by atoms with Crippen molar-refractivity contribution in [2.24, 2.45) is 0 Å². The number of aldehydes is 2. The minimum absolute atomic E-state index is 0.251. The van der Waals surface area contributed by atoms with Gasteiger partial charge in [-0.1, -0.05) is 0 Å². The number of carbonyl (C=O) groups excluding carboxylic acids is 2. The van der Waals surface area contributed by atoms with Crippen LogP contribution in [0.1, 0.15) is 21.0 Å². The molecule has 0 spiro atoms. The average molecular weight is 230 g/mol. The van der Waals surface area contributed by atoms with Gasteiger partial charge >= 0.3 is 0 Å². The molecule has 2 rings (SSSR count).